The maximum absolute atomic E-state index is 11.3. The number of anilines is 1. The van der Waals surface area contributed by atoms with Gasteiger partial charge in [0.15, 0.2) is 0 Å². The minimum Gasteiger partial charge on any atom is -0.481 e. The second-order valence-corrected chi connectivity index (χ2v) is 3.50. The number of para-hydroxylation sites is 1. The Hall–Kier alpha value is -2.43. The molecule has 0 atom stereocenters. The van der Waals surface area contributed by atoms with Crippen LogP contribution in [0.15, 0.2) is 36.5 Å². The van der Waals surface area contributed by atoms with Crippen molar-refractivity contribution in [1.29, 1.82) is 0 Å². The van der Waals surface area contributed by atoms with E-state index < -0.39 is 18.3 Å². The number of aliphatic carboxylic acids is 1. The molecule has 0 fully saturated rings. The van der Waals surface area contributed by atoms with E-state index in [0.29, 0.717) is 11.2 Å². The number of pyridine rings is 1. The van der Waals surface area contributed by atoms with E-state index in [2.05, 4.69) is 10.3 Å². The number of carbonyl (C=O) groups is 2. The number of carboxylic acid groups (broad SMARTS) is 1. The van der Waals surface area contributed by atoms with Crippen LogP contribution in [0.4, 0.5) is 5.69 Å². The molecule has 86 valence electrons. The zero-order chi connectivity index (χ0) is 12.3. The minimum atomic E-state index is -1.16. The van der Waals surface area contributed by atoms with Crippen LogP contribution in [0.3, 0.4) is 0 Å². The molecule has 0 unspecified atom stereocenters. The third-order valence-corrected chi connectivity index (χ3v) is 2.22. The number of carboxylic acids is 1. The lowest BCUT2D eigenvalue weighted by Gasteiger charge is -2.06. The van der Waals surface area contributed by atoms with Gasteiger partial charge in [-0.1, -0.05) is 18.2 Å². The van der Waals surface area contributed by atoms with Crippen LogP contribution in [-0.2, 0) is 9.59 Å². The predicted molar refractivity (Wildman–Crippen MR) is 62.6 cm³/mol. The van der Waals surface area contributed by atoms with Gasteiger partial charge in [0.2, 0.25) is 5.91 Å². The molecule has 0 aliphatic heterocycles. The Balaban J connectivity index is 2.30. The summed E-state index contributed by atoms with van der Waals surface area (Å²) in [5.74, 6) is -1.72. The largest absolute Gasteiger partial charge is 0.481 e. The summed E-state index contributed by atoms with van der Waals surface area (Å²) in [6, 6.07) is 9.00. The first-order valence-electron chi connectivity index (χ1n) is 5.02. The highest BCUT2D eigenvalue weighted by molar-refractivity contribution is 6.05. The number of aromatic nitrogens is 1. The number of hydrogen-bond donors (Lipinski definition) is 2. The van der Waals surface area contributed by atoms with Gasteiger partial charge < -0.3 is 10.4 Å². The summed E-state index contributed by atoms with van der Waals surface area (Å²) in [6.07, 6.45) is 1.07. The smallest absolute Gasteiger partial charge is 0.312 e. The number of nitrogens with one attached hydrogen (secondary N) is 1. The van der Waals surface area contributed by atoms with Crippen LogP contribution < -0.4 is 5.32 Å². The summed E-state index contributed by atoms with van der Waals surface area (Å²) in [5, 5.41) is 11.9. The van der Waals surface area contributed by atoms with Gasteiger partial charge >= 0.3 is 5.97 Å². The zero-order valence-electron chi connectivity index (χ0n) is 8.88. The number of benzene rings is 1. The zero-order valence-corrected chi connectivity index (χ0v) is 8.88. The summed E-state index contributed by atoms with van der Waals surface area (Å²) in [4.78, 5) is 25.9. The van der Waals surface area contributed by atoms with Gasteiger partial charge in [-0.2, -0.15) is 0 Å². The highest BCUT2D eigenvalue weighted by Gasteiger charge is 2.09. The molecule has 1 amide bonds. The van der Waals surface area contributed by atoms with Gasteiger partial charge in [-0.3, -0.25) is 14.6 Å². The van der Waals surface area contributed by atoms with E-state index in [1.165, 1.54) is 0 Å². The molecule has 0 radical (unpaired) electrons. The Labute approximate surface area is 97.1 Å². The van der Waals surface area contributed by atoms with Crippen molar-refractivity contribution in [3.8, 4) is 0 Å². The molecular weight excluding hydrogens is 220 g/mol. The van der Waals surface area contributed by atoms with Crippen molar-refractivity contribution in [3.63, 3.8) is 0 Å². The van der Waals surface area contributed by atoms with Crippen LogP contribution in [0.2, 0.25) is 0 Å². The minimum absolute atomic E-state index is 0.523. The van der Waals surface area contributed by atoms with Gasteiger partial charge in [0, 0.05) is 11.6 Å². The predicted octanol–water partition coefficient (Wildman–Crippen LogP) is 1.65. The molecule has 2 rings (SSSR count). The highest BCUT2D eigenvalue weighted by Crippen LogP contribution is 2.20. The van der Waals surface area contributed by atoms with Crippen LogP contribution in [0.5, 0.6) is 0 Å². The van der Waals surface area contributed by atoms with Gasteiger partial charge in [0.25, 0.3) is 0 Å². The fourth-order valence-electron chi connectivity index (χ4n) is 1.54. The van der Waals surface area contributed by atoms with E-state index in [-0.39, 0.29) is 0 Å². The quantitative estimate of drug-likeness (QED) is 0.786. The molecule has 5 heteroatoms. The Morgan fingerprint density at radius 3 is 2.76 bits per heavy atom. The molecule has 17 heavy (non-hydrogen) atoms. The number of rotatable bonds is 3. The first-order valence-corrected chi connectivity index (χ1v) is 5.02. The summed E-state index contributed by atoms with van der Waals surface area (Å²) in [7, 11) is 0. The SMILES string of the molecule is O=C(O)CC(=O)Nc1cccc2cccnc12. The lowest BCUT2D eigenvalue weighted by atomic mass is 10.2. The maximum atomic E-state index is 11.3. The molecule has 1 aromatic heterocycles. The third kappa shape index (κ3) is 2.57. The Morgan fingerprint density at radius 1 is 1.24 bits per heavy atom. The molecule has 0 spiro atoms. The van der Waals surface area contributed by atoms with Crippen molar-refractivity contribution < 1.29 is 14.7 Å². The second kappa shape index (κ2) is 4.61. The Morgan fingerprint density at radius 2 is 2.00 bits per heavy atom. The van der Waals surface area contributed by atoms with Crippen molar-refractivity contribution in [2.45, 2.75) is 6.42 Å². The molecule has 0 bridgehead atoms. The van der Waals surface area contributed by atoms with Gasteiger partial charge in [-0.15, -0.1) is 0 Å². The standard InChI is InChI=1S/C12H10N2O3/c15-10(7-11(16)17)14-9-5-1-3-8-4-2-6-13-12(8)9/h1-6H,7H2,(H,14,15)(H,16,17). The summed E-state index contributed by atoms with van der Waals surface area (Å²) >= 11 is 0. The van der Waals surface area contributed by atoms with E-state index in [0.717, 1.165) is 5.39 Å². The second-order valence-electron chi connectivity index (χ2n) is 3.50. The van der Waals surface area contributed by atoms with E-state index in [1.807, 2.05) is 12.1 Å². The van der Waals surface area contributed by atoms with E-state index in [4.69, 9.17) is 5.11 Å². The summed E-state index contributed by atoms with van der Waals surface area (Å²) < 4.78 is 0. The third-order valence-electron chi connectivity index (χ3n) is 2.22. The number of hydrogen-bond acceptors (Lipinski definition) is 3. The Kier molecular flexibility index (Phi) is 3.00. The molecule has 0 aliphatic rings. The van der Waals surface area contributed by atoms with Gasteiger partial charge in [-0.05, 0) is 12.1 Å². The molecule has 0 aliphatic carbocycles. The van der Waals surface area contributed by atoms with Crippen molar-refractivity contribution in [1.82, 2.24) is 4.98 Å². The van der Waals surface area contributed by atoms with E-state index >= 15 is 0 Å². The highest BCUT2D eigenvalue weighted by atomic mass is 16.4. The molecule has 0 saturated carbocycles. The van der Waals surface area contributed by atoms with Crippen molar-refractivity contribution in [2.24, 2.45) is 0 Å². The Bertz CT molecular complexity index is 575. The lowest BCUT2D eigenvalue weighted by molar-refractivity contribution is -0.139. The van der Waals surface area contributed by atoms with Crippen LogP contribution >= 0.6 is 0 Å². The van der Waals surface area contributed by atoms with Crippen molar-refractivity contribution in [3.05, 3.63) is 36.5 Å². The molecule has 1 aromatic carbocycles. The monoisotopic (exact) mass is 230 g/mol. The first-order chi connectivity index (χ1) is 8.16. The number of carbonyl (C=O) groups excluding carboxylic acids is 1. The number of fused-ring (bicyclic) bond motifs is 1. The van der Waals surface area contributed by atoms with E-state index in [9.17, 15) is 9.59 Å². The maximum Gasteiger partial charge on any atom is 0.312 e. The van der Waals surface area contributed by atoms with Crippen LogP contribution in [-0.4, -0.2) is 22.0 Å². The molecule has 5 nitrogen and oxygen atoms in total. The van der Waals surface area contributed by atoms with Gasteiger partial charge in [0.05, 0.1) is 11.2 Å². The van der Waals surface area contributed by atoms with Crippen molar-refractivity contribution in [2.75, 3.05) is 5.32 Å². The summed E-state index contributed by atoms with van der Waals surface area (Å²) in [6.45, 7) is 0. The fraction of sp³-hybridized carbons (Fsp3) is 0.0833. The summed E-state index contributed by atoms with van der Waals surface area (Å²) in [5.41, 5.74) is 1.17. The van der Waals surface area contributed by atoms with Crippen LogP contribution in [0.25, 0.3) is 10.9 Å². The van der Waals surface area contributed by atoms with Crippen LogP contribution in [0.1, 0.15) is 6.42 Å². The van der Waals surface area contributed by atoms with Gasteiger partial charge in [0.1, 0.15) is 6.42 Å². The molecule has 2 aromatic rings. The molecule has 2 N–H and O–H groups in total. The normalized spacial score (nSPS) is 10.1. The average Bonchev–Trinajstić information content (AvgIpc) is 2.28. The molecular formula is C12H10N2O3. The van der Waals surface area contributed by atoms with Crippen molar-refractivity contribution >= 4 is 28.5 Å². The average molecular weight is 230 g/mol. The van der Waals surface area contributed by atoms with Crippen LogP contribution in [0, 0.1) is 0 Å². The topological polar surface area (TPSA) is 79.3 Å². The molecule has 0 saturated heterocycles. The first kappa shape index (κ1) is 11.1. The lowest BCUT2D eigenvalue weighted by Crippen LogP contribution is -2.16. The number of nitrogens with zero attached hydrogens (tertiary/aromatic N) is 1. The number of amides is 1. The van der Waals surface area contributed by atoms with E-state index in [1.54, 1.807) is 24.4 Å². The molecule has 1 heterocycles. The fourth-order valence-corrected chi connectivity index (χ4v) is 1.54. The van der Waals surface area contributed by atoms with Gasteiger partial charge in [-0.25, -0.2) is 0 Å².